The fraction of sp³-hybridized carbons (Fsp3) is 0.357. The van der Waals surface area contributed by atoms with E-state index >= 15 is 0 Å². The molecule has 2 heterocycles. The largest absolute Gasteiger partial charge is 0.542 e. The van der Waals surface area contributed by atoms with Crippen LogP contribution < -0.4 is 15.1 Å². The number of aliphatic carboxylic acids is 1. The second-order valence-electron chi connectivity index (χ2n) is 4.99. The van der Waals surface area contributed by atoms with Crippen LogP contribution in [0.25, 0.3) is 11.4 Å². The fourth-order valence-corrected chi connectivity index (χ4v) is 1.53. The molecule has 2 rings (SSSR count). The average Bonchev–Trinajstić information content (AvgIpc) is 3.06. The number of carboxylic acid groups (broad SMARTS) is 1. The van der Waals surface area contributed by atoms with Crippen molar-refractivity contribution in [2.24, 2.45) is 7.05 Å². The second kappa shape index (κ2) is 9.94. The van der Waals surface area contributed by atoms with Crippen molar-refractivity contribution < 1.29 is 42.1 Å². The molecule has 0 saturated heterocycles. The van der Waals surface area contributed by atoms with Crippen LogP contribution in [0, 0.1) is 0 Å². The molecule has 0 aliphatic rings. The van der Waals surface area contributed by atoms with Gasteiger partial charge in [0.1, 0.15) is 25.0 Å². The average molecular weight is 404 g/mol. The van der Waals surface area contributed by atoms with Crippen LogP contribution in [0.3, 0.4) is 0 Å². The van der Waals surface area contributed by atoms with E-state index in [1.807, 2.05) is 0 Å². The van der Waals surface area contributed by atoms with Gasteiger partial charge in [0.25, 0.3) is 12.5 Å². The maximum Gasteiger partial charge on any atom is 0.430 e. The minimum Gasteiger partial charge on any atom is -0.542 e. The first-order chi connectivity index (χ1) is 13.0. The van der Waals surface area contributed by atoms with Crippen LogP contribution in [0.15, 0.2) is 24.8 Å². The standard InChI is InChI=1S/C12H14N6O3.C2HF3O2/c1-17-8-14-12(16-17)9-3-4-18(15-5-9)7-10(19)13-6-11(20)21-2;3-2(4,5)1(6)7/h3-5,8H,6-7H2,1-2H3;(H,6,7). The lowest BCUT2D eigenvalue weighted by molar-refractivity contribution is -0.742. The number of esters is 1. The van der Waals surface area contributed by atoms with Gasteiger partial charge in [-0.15, -0.1) is 0 Å². The van der Waals surface area contributed by atoms with Crippen LogP contribution in [0.4, 0.5) is 13.2 Å². The van der Waals surface area contributed by atoms with Crippen LogP contribution in [0.2, 0.25) is 0 Å². The number of carbonyl (C=O) groups excluding carboxylic acids is 3. The van der Waals surface area contributed by atoms with Crippen molar-refractivity contribution >= 4 is 17.8 Å². The molecule has 0 bridgehead atoms. The van der Waals surface area contributed by atoms with E-state index in [0.29, 0.717) is 5.82 Å². The molecule has 14 heteroatoms. The normalized spacial score (nSPS) is 10.5. The van der Waals surface area contributed by atoms with E-state index in [0.717, 1.165) is 5.56 Å². The zero-order valence-electron chi connectivity index (χ0n) is 14.6. The number of carbonyl (C=O) groups is 3. The van der Waals surface area contributed by atoms with Gasteiger partial charge in [0.2, 0.25) is 0 Å². The maximum atomic E-state index is 11.6. The Kier molecular flexibility index (Phi) is 7.97. The van der Waals surface area contributed by atoms with E-state index in [9.17, 15) is 22.8 Å². The Hall–Kier alpha value is -3.58. The number of nitrogens with one attached hydrogen (secondary N) is 1. The lowest BCUT2D eigenvalue weighted by Crippen LogP contribution is -2.46. The summed E-state index contributed by atoms with van der Waals surface area (Å²) in [6.45, 7) is -0.154. The molecule has 0 saturated carbocycles. The highest BCUT2D eigenvalue weighted by Crippen LogP contribution is 2.11. The Morgan fingerprint density at radius 1 is 1.36 bits per heavy atom. The molecular formula is C14H15F3N6O5. The minimum atomic E-state index is -5.19. The molecule has 0 aromatic carbocycles. The molecule has 0 aliphatic heterocycles. The Bertz CT molecular complexity index is 822. The highest BCUT2D eigenvalue weighted by Gasteiger charge is 2.28. The summed E-state index contributed by atoms with van der Waals surface area (Å²) in [4.78, 5) is 35.4. The molecule has 0 radical (unpaired) electrons. The number of alkyl halides is 3. The summed E-state index contributed by atoms with van der Waals surface area (Å²) >= 11 is 0. The Morgan fingerprint density at radius 3 is 2.43 bits per heavy atom. The number of nitrogens with zero attached hydrogens (tertiary/aromatic N) is 5. The first-order valence-corrected chi connectivity index (χ1v) is 7.36. The number of rotatable bonds is 5. The minimum absolute atomic E-state index is 0.00687. The molecule has 1 amide bonds. The lowest BCUT2D eigenvalue weighted by atomic mass is 10.3. The van der Waals surface area contributed by atoms with Crippen LogP contribution in [0.5, 0.6) is 0 Å². The van der Waals surface area contributed by atoms with Gasteiger partial charge in [0.15, 0.2) is 12.0 Å². The van der Waals surface area contributed by atoms with Crippen LogP contribution in [-0.2, 0) is 32.7 Å². The zero-order valence-corrected chi connectivity index (χ0v) is 14.6. The molecule has 11 nitrogen and oxygen atoms in total. The number of hydrogen-bond acceptors (Lipinski definition) is 8. The monoisotopic (exact) mass is 404 g/mol. The third-order valence-corrected chi connectivity index (χ3v) is 2.82. The van der Waals surface area contributed by atoms with Crippen molar-refractivity contribution in [2.45, 2.75) is 12.7 Å². The lowest BCUT2D eigenvalue weighted by Gasteiger charge is -2.03. The molecule has 0 spiro atoms. The second-order valence-corrected chi connectivity index (χ2v) is 4.99. The summed E-state index contributed by atoms with van der Waals surface area (Å²) in [5.74, 6) is -3.28. The summed E-state index contributed by atoms with van der Waals surface area (Å²) in [6, 6.07) is 1.76. The van der Waals surface area contributed by atoms with E-state index in [4.69, 9.17) is 9.90 Å². The van der Waals surface area contributed by atoms with E-state index < -0.39 is 18.1 Å². The van der Waals surface area contributed by atoms with Gasteiger partial charge in [0, 0.05) is 13.1 Å². The van der Waals surface area contributed by atoms with Crippen molar-refractivity contribution in [1.82, 2.24) is 25.2 Å². The van der Waals surface area contributed by atoms with Crippen LogP contribution >= 0.6 is 0 Å². The van der Waals surface area contributed by atoms with Crippen molar-refractivity contribution in [3.05, 3.63) is 24.8 Å². The summed E-state index contributed by atoms with van der Waals surface area (Å²) in [5.41, 5.74) is 0.752. The molecule has 2 aromatic heterocycles. The molecule has 0 fully saturated rings. The molecule has 2 aromatic rings. The van der Waals surface area contributed by atoms with Gasteiger partial charge in [0.05, 0.1) is 12.7 Å². The summed E-state index contributed by atoms with van der Waals surface area (Å²) < 4.78 is 39.0. The summed E-state index contributed by atoms with van der Waals surface area (Å²) in [5, 5.41) is 19.5. The van der Waals surface area contributed by atoms with Gasteiger partial charge in [-0.2, -0.15) is 18.3 Å². The predicted molar refractivity (Wildman–Crippen MR) is 80.5 cm³/mol. The van der Waals surface area contributed by atoms with E-state index in [-0.39, 0.29) is 19.0 Å². The van der Waals surface area contributed by atoms with Crippen molar-refractivity contribution in [3.63, 3.8) is 0 Å². The summed E-state index contributed by atoms with van der Waals surface area (Å²) in [7, 11) is 3.04. The van der Waals surface area contributed by atoms with Crippen LogP contribution in [0.1, 0.15) is 0 Å². The Morgan fingerprint density at radius 2 is 2.00 bits per heavy atom. The number of halogens is 3. The van der Waals surface area contributed by atoms with Gasteiger partial charge in [-0.3, -0.25) is 14.3 Å². The Labute approximate surface area is 155 Å². The predicted octanol–water partition coefficient (Wildman–Crippen LogP) is -2.25. The maximum absolute atomic E-state index is 11.6. The van der Waals surface area contributed by atoms with E-state index in [1.165, 1.54) is 11.8 Å². The fourth-order valence-electron chi connectivity index (χ4n) is 1.53. The summed E-state index contributed by atoms with van der Waals surface area (Å²) in [6.07, 6.45) is -0.386. The highest BCUT2D eigenvalue weighted by molar-refractivity contribution is 5.80. The third kappa shape index (κ3) is 7.76. The highest BCUT2D eigenvalue weighted by atomic mass is 19.4. The number of ether oxygens (including phenoxy) is 1. The number of carboxylic acids is 1. The van der Waals surface area contributed by atoms with E-state index in [1.54, 1.807) is 36.5 Å². The SMILES string of the molecule is COC(=O)CNC(=O)C[n+]1ccc(-c2ncn(C)n2)cn1.O=C([O-])C(F)(F)F. The van der Waals surface area contributed by atoms with Gasteiger partial charge < -0.3 is 20.0 Å². The molecule has 152 valence electrons. The quantitative estimate of drug-likeness (QED) is 0.435. The van der Waals surface area contributed by atoms with Crippen molar-refractivity contribution in [1.29, 1.82) is 0 Å². The third-order valence-electron chi connectivity index (χ3n) is 2.82. The molecule has 28 heavy (non-hydrogen) atoms. The molecular weight excluding hydrogens is 389 g/mol. The number of methoxy groups -OCH3 is 1. The van der Waals surface area contributed by atoms with E-state index in [2.05, 4.69) is 25.2 Å². The Balaban J connectivity index is 0.000000480. The van der Waals surface area contributed by atoms with Gasteiger partial charge in [-0.1, -0.05) is 4.68 Å². The smallest absolute Gasteiger partial charge is 0.430 e. The molecule has 0 aliphatic carbocycles. The number of amides is 1. The molecule has 0 atom stereocenters. The van der Waals surface area contributed by atoms with Gasteiger partial charge in [-0.05, 0) is 5.10 Å². The number of aryl methyl sites for hydroxylation is 1. The van der Waals surface area contributed by atoms with Crippen molar-refractivity contribution in [3.8, 4) is 11.4 Å². The number of hydrogen-bond donors (Lipinski definition) is 1. The van der Waals surface area contributed by atoms with Crippen molar-refractivity contribution in [2.75, 3.05) is 13.7 Å². The first kappa shape index (κ1) is 22.5. The first-order valence-electron chi connectivity index (χ1n) is 7.36. The van der Waals surface area contributed by atoms with Gasteiger partial charge in [-0.25, -0.2) is 4.98 Å². The molecule has 0 unspecified atom stereocenters. The molecule has 1 N–H and O–H groups in total. The van der Waals surface area contributed by atoms with Gasteiger partial charge >= 0.3 is 12.1 Å². The number of aromatic nitrogens is 5. The topological polar surface area (TPSA) is 143 Å². The zero-order chi connectivity index (χ0) is 21.3. The van der Waals surface area contributed by atoms with Crippen LogP contribution in [-0.4, -0.2) is 57.5 Å².